The first-order valence-electron chi connectivity index (χ1n) is 9.28. The molecule has 2 aromatic carbocycles. The number of benzene rings is 2. The van der Waals surface area contributed by atoms with Crippen molar-refractivity contribution in [2.45, 2.75) is 32.8 Å². The van der Waals surface area contributed by atoms with Crippen molar-refractivity contribution in [1.29, 1.82) is 0 Å². The first-order valence-corrected chi connectivity index (χ1v) is 9.28. The maximum Gasteiger partial charge on any atom is 0.251 e. The maximum absolute atomic E-state index is 5.87. The van der Waals surface area contributed by atoms with Crippen LogP contribution in [0.4, 0.5) is 23.1 Å². The highest BCUT2D eigenvalue weighted by molar-refractivity contribution is 5.66. The standard InChI is InChI=1S/C21H23N5O/c1-15(2)27-19-12-6-4-10-17(19)23-20-14-22-25-21(24-20)26-13-7-9-16-8-3-5-11-18(16)26/h3-6,8,10-12,14-15H,7,9,13H2,1-2H3,(H,23,24,25). The summed E-state index contributed by atoms with van der Waals surface area (Å²) >= 11 is 0. The number of fused-ring (bicyclic) bond motifs is 1. The van der Waals surface area contributed by atoms with Crippen LogP contribution in [0.5, 0.6) is 5.75 Å². The van der Waals surface area contributed by atoms with Gasteiger partial charge < -0.3 is 15.0 Å². The molecule has 1 aliphatic rings. The molecule has 1 aromatic heterocycles. The van der Waals surface area contributed by atoms with Crippen molar-refractivity contribution in [3.05, 3.63) is 60.3 Å². The Labute approximate surface area is 159 Å². The van der Waals surface area contributed by atoms with E-state index in [2.05, 4.69) is 38.6 Å². The lowest BCUT2D eigenvalue weighted by Gasteiger charge is -2.29. The summed E-state index contributed by atoms with van der Waals surface area (Å²) in [5.74, 6) is 2.04. The highest BCUT2D eigenvalue weighted by Gasteiger charge is 2.20. The van der Waals surface area contributed by atoms with Gasteiger partial charge in [-0.2, -0.15) is 10.1 Å². The monoisotopic (exact) mass is 361 g/mol. The summed E-state index contributed by atoms with van der Waals surface area (Å²) in [5.41, 5.74) is 3.34. The number of aryl methyl sites for hydroxylation is 1. The van der Waals surface area contributed by atoms with Gasteiger partial charge >= 0.3 is 0 Å². The lowest BCUT2D eigenvalue weighted by Crippen LogP contribution is -2.26. The Balaban J connectivity index is 1.62. The summed E-state index contributed by atoms with van der Waals surface area (Å²) in [7, 11) is 0. The summed E-state index contributed by atoms with van der Waals surface area (Å²) in [6.07, 6.45) is 3.88. The highest BCUT2D eigenvalue weighted by Crippen LogP contribution is 2.32. The second-order valence-corrected chi connectivity index (χ2v) is 6.81. The van der Waals surface area contributed by atoms with Gasteiger partial charge in [-0.25, -0.2) is 0 Å². The van der Waals surface area contributed by atoms with Crippen molar-refractivity contribution in [3.63, 3.8) is 0 Å². The van der Waals surface area contributed by atoms with E-state index in [4.69, 9.17) is 9.72 Å². The van der Waals surface area contributed by atoms with Crippen LogP contribution in [0.2, 0.25) is 0 Å². The molecular formula is C21H23N5O. The lowest BCUT2D eigenvalue weighted by atomic mass is 10.0. The molecule has 4 rings (SSSR count). The van der Waals surface area contributed by atoms with Gasteiger partial charge in [0.15, 0.2) is 5.82 Å². The van der Waals surface area contributed by atoms with Gasteiger partial charge in [0.1, 0.15) is 5.75 Å². The third kappa shape index (κ3) is 3.84. The van der Waals surface area contributed by atoms with Gasteiger partial charge in [0.25, 0.3) is 5.95 Å². The first-order chi connectivity index (χ1) is 13.2. The molecule has 0 spiro atoms. The number of hydrogen-bond donors (Lipinski definition) is 1. The van der Waals surface area contributed by atoms with Crippen LogP contribution in [0.25, 0.3) is 0 Å². The zero-order valence-corrected chi connectivity index (χ0v) is 15.6. The van der Waals surface area contributed by atoms with Gasteiger partial charge in [-0.1, -0.05) is 30.3 Å². The van der Waals surface area contributed by atoms with E-state index in [1.807, 2.05) is 44.2 Å². The molecule has 6 nitrogen and oxygen atoms in total. The summed E-state index contributed by atoms with van der Waals surface area (Å²) in [5, 5.41) is 11.7. The van der Waals surface area contributed by atoms with Crippen LogP contribution in [0.3, 0.4) is 0 Å². The van der Waals surface area contributed by atoms with Crippen LogP contribution in [-0.4, -0.2) is 27.8 Å². The fourth-order valence-electron chi connectivity index (χ4n) is 3.27. The number of hydrogen-bond acceptors (Lipinski definition) is 6. The SMILES string of the molecule is CC(C)Oc1ccccc1Nc1cnnc(N2CCCc3ccccc32)n1. The quantitative estimate of drug-likeness (QED) is 0.722. The molecule has 2 heterocycles. The van der Waals surface area contributed by atoms with E-state index >= 15 is 0 Å². The minimum atomic E-state index is 0.0943. The van der Waals surface area contributed by atoms with Crippen molar-refractivity contribution in [2.75, 3.05) is 16.8 Å². The van der Waals surface area contributed by atoms with Crippen molar-refractivity contribution in [2.24, 2.45) is 0 Å². The van der Waals surface area contributed by atoms with E-state index in [0.717, 1.165) is 36.5 Å². The molecule has 0 amide bonds. The number of anilines is 4. The smallest absolute Gasteiger partial charge is 0.251 e. The predicted molar refractivity (Wildman–Crippen MR) is 107 cm³/mol. The van der Waals surface area contributed by atoms with Crippen LogP contribution in [0, 0.1) is 0 Å². The van der Waals surface area contributed by atoms with Gasteiger partial charge in [0.05, 0.1) is 18.0 Å². The Kier molecular flexibility index (Phi) is 4.87. The molecule has 0 aliphatic carbocycles. The molecule has 0 unspecified atom stereocenters. The maximum atomic E-state index is 5.87. The normalized spacial score (nSPS) is 13.4. The van der Waals surface area contributed by atoms with E-state index in [0.29, 0.717) is 11.8 Å². The third-order valence-corrected chi connectivity index (χ3v) is 4.41. The summed E-state index contributed by atoms with van der Waals surface area (Å²) in [6.45, 7) is 4.90. The number of para-hydroxylation sites is 3. The number of rotatable bonds is 5. The molecule has 0 fully saturated rings. The average molecular weight is 361 g/mol. The van der Waals surface area contributed by atoms with Crippen LogP contribution in [-0.2, 0) is 6.42 Å². The van der Waals surface area contributed by atoms with Crippen molar-refractivity contribution >= 4 is 23.1 Å². The van der Waals surface area contributed by atoms with E-state index in [9.17, 15) is 0 Å². The second kappa shape index (κ2) is 7.61. The van der Waals surface area contributed by atoms with E-state index in [1.54, 1.807) is 6.20 Å². The Morgan fingerprint density at radius 3 is 2.78 bits per heavy atom. The molecule has 0 radical (unpaired) electrons. The Morgan fingerprint density at radius 1 is 1.07 bits per heavy atom. The van der Waals surface area contributed by atoms with Gasteiger partial charge in [-0.3, -0.25) is 0 Å². The largest absolute Gasteiger partial charge is 0.489 e. The van der Waals surface area contributed by atoms with Crippen LogP contribution < -0.4 is 15.0 Å². The molecule has 0 atom stereocenters. The predicted octanol–water partition coefficient (Wildman–Crippen LogP) is 4.49. The third-order valence-electron chi connectivity index (χ3n) is 4.41. The van der Waals surface area contributed by atoms with Crippen molar-refractivity contribution in [3.8, 4) is 5.75 Å². The number of ether oxygens (including phenoxy) is 1. The lowest BCUT2D eigenvalue weighted by molar-refractivity contribution is 0.244. The number of nitrogens with zero attached hydrogens (tertiary/aromatic N) is 4. The Morgan fingerprint density at radius 2 is 1.89 bits per heavy atom. The highest BCUT2D eigenvalue weighted by atomic mass is 16.5. The molecule has 1 N–H and O–H groups in total. The zero-order chi connectivity index (χ0) is 18.6. The van der Waals surface area contributed by atoms with Crippen LogP contribution in [0.1, 0.15) is 25.8 Å². The minimum absolute atomic E-state index is 0.0943. The molecule has 1 aliphatic heterocycles. The van der Waals surface area contributed by atoms with E-state index in [-0.39, 0.29) is 6.10 Å². The topological polar surface area (TPSA) is 63.2 Å². The van der Waals surface area contributed by atoms with Crippen molar-refractivity contribution < 1.29 is 4.74 Å². The molecule has 0 saturated carbocycles. The number of aromatic nitrogens is 3. The average Bonchev–Trinajstić information content (AvgIpc) is 2.69. The second-order valence-electron chi connectivity index (χ2n) is 6.81. The Hall–Kier alpha value is -3.15. The summed E-state index contributed by atoms with van der Waals surface area (Å²) in [6, 6.07) is 16.2. The molecular weight excluding hydrogens is 338 g/mol. The molecule has 27 heavy (non-hydrogen) atoms. The van der Waals surface area contributed by atoms with E-state index in [1.165, 1.54) is 5.56 Å². The first kappa shape index (κ1) is 17.3. The van der Waals surface area contributed by atoms with Gasteiger partial charge in [0, 0.05) is 12.2 Å². The van der Waals surface area contributed by atoms with Gasteiger partial charge in [-0.05, 0) is 50.5 Å². The molecule has 3 aromatic rings. The Bertz CT molecular complexity index is 928. The fraction of sp³-hybridized carbons (Fsp3) is 0.286. The fourth-order valence-corrected chi connectivity index (χ4v) is 3.27. The van der Waals surface area contributed by atoms with Crippen LogP contribution in [0.15, 0.2) is 54.7 Å². The molecule has 0 saturated heterocycles. The molecule has 138 valence electrons. The molecule has 6 heteroatoms. The summed E-state index contributed by atoms with van der Waals surface area (Å²) < 4.78 is 5.87. The summed E-state index contributed by atoms with van der Waals surface area (Å²) in [4.78, 5) is 6.83. The molecule has 0 bridgehead atoms. The van der Waals surface area contributed by atoms with E-state index < -0.39 is 0 Å². The minimum Gasteiger partial charge on any atom is -0.489 e. The van der Waals surface area contributed by atoms with Crippen LogP contribution >= 0.6 is 0 Å². The number of nitrogens with one attached hydrogen (secondary N) is 1. The van der Waals surface area contributed by atoms with Gasteiger partial charge in [0.2, 0.25) is 0 Å². The zero-order valence-electron chi connectivity index (χ0n) is 15.6. The van der Waals surface area contributed by atoms with Gasteiger partial charge in [-0.15, -0.1) is 5.10 Å². The van der Waals surface area contributed by atoms with Crippen molar-refractivity contribution in [1.82, 2.24) is 15.2 Å².